The number of anilines is 2. The van der Waals surface area contributed by atoms with Gasteiger partial charge in [0.05, 0.1) is 21.7 Å². The number of carbonyl (C=O) groups excluding carboxylic acids is 4. The van der Waals surface area contributed by atoms with Crippen molar-refractivity contribution in [2.24, 2.45) is 5.14 Å². The molecule has 54 heavy (non-hydrogen) atoms. The van der Waals surface area contributed by atoms with Crippen LogP contribution in [0.5, 0.6) is 0 Å². The molecular formula is C34H37F3N6O8S3. The molecule has 0 radical (unpaired) electrons. The number of piperidine rings is 1. The molecule has 0 aromatic heterocycles. The largest absolute Gasteiger partial charge is 0.501 e. The lowest BCUT2D eigenvalue weighted by atomic mass is 10.0. The summed E-state index contributed by atoms with van der Waals surface area (Å²) in [7, 11) is -8.68. The van der Waals surface area contributed by atoms with E-state index in [0.29, 0.717) is 50.0 Å². The summed E-state index contributed by atoms with van der Waals surface area (Å²) >= 11 is 1.39. The highest BCUT2D eigenvalue weighted by Gasteiger charge is 2.49. The standard InChI is InChI=1S/C34H37F3N6O8S3/c1-42(17-6-16-39-26-10-5-9-24-30(26)33(47)43(32(24)46)27-13-14-29(44)41-31(27)45)18-15-21(20-52-22-7-3-2-4-8-22)40-25-12-11-23(54(38,50)51)19-28(25)53(48,49)34(35,36)37/h2-5,7-12,19,21,27,39-40H,6,13-18,20H2,1H3,(H2,38,50,51)(H,41,44,45)/t21-,27?/m1/s1. The van der Waals surface area contributed by atoms with E-state index in [9.17, 15) is 49.2 Å². The minimum atomic E-state index is -5.97. The monoisotopic (exact) mass is 810 g/mol. The van der Waals surface area contributed by atoms with Gasteiger partial charge in [-0.05, 0) is 81.9 Å². The number of fused-ring (bicyclic) bond motifs is 1. The van der Waals surface area contributed by atoms with E-state index < -0.39 is 76.6 Å². The number of thioether (sulfide) groups is 1. The molecular weight excluding hydrogens is 774 g/mol. The minimum Gasteiger partial charge on any atom is -0.384 e. The molecule has 1 saturated heterocycles. The third-order valence-electron chi connectivity index (χ3n) is 8.79. The molecule has 0 aliphatic carbocycles. The van der Waals surface area contributed by atoms with Gasteiger partial charge >= 0.3 is 5.51 Å². The van der Waals surface area contributed by atoms with Crippen LogP contribution in [-0.4, -0.2) is 100 Å². The Morgan fingerprint density at radius 2 is 1.69 bits per heavy atom. The fraction of sp³-hybridized carbons (Fsp3) is 0.353. The topological polar surface area (TPSA) is 205 Å². The summed E-state index contributed by atoms with van der Waals surface area (Å²) in [6.07, 6.45) is 0.926. The molecule has 0 bridgehead atoms. The van der Waals surface area contributed by atoms with Crippen molar-refractivity contribution in [3.8, 4) is 0 Å². The summed E-state index contributed by atoms with van der Waals surface area (Å²) in [6.45, 7) is 1.31. The maximum atomic E-state index is 13.7. The fourth-order valence-corrected chi connectivity index (χ4v) is 8.55. The number of hydrogen-bond acceptors (Lipinski definition) is 12. The summed E-state index contributed by atoms with van der Waals surface area (Å²) in [4.78, 5) is 52.2. The van der Waals surface area contributed by atoms with Crippen molar-refractivity contribution >= 4 is 66.6 Å². The average Bonchev–Trinajstić information content (AvgIpc) is 3.36. The first kappa shape index (κ1) is 40.7. The minimum absolute atomic E-state index is 0.000424. The number of nitrogens with two attached hydrogens (primary N) is 1. The van der Waals surface area contributed by atoms with Crippen molar-refractivity contribution in [1.82, 2.24) is 15.1 Å². The molecule has 20 heteroatoms. The highest BCUT2D eigenvalue weighted by Crippen LogP contribution is 2.37. The first-order valence-electron chi connectivity index (χ1n) is 16.6. The number of halogens is 3. The molecule has 5 rings (SSSR count). The number of sulfonamides is 1. The van der Waals surface area contributed by atoms with Crippen molar-refractivity contribution in [3.05, 3.63) is 77.9 Å². The second-order valence-corrected chi connectivity index (χ2v) is 17.2. The predicted octanol–water partition coefficient (Wildman–Crippen LogP) is 3.43. The predicted molar refractivity (Wildman–Crippen MR) is 194 cm³/mol. The smallest absolute Gasteiger partial charge is 0.384 e. The van der Waals surface area contributed by atoms with Gasteiger partial charge < -0.3 is 15.5 Å². The lowest BCUT2D eigenvalue weighted by Gasteiger charge is -2.27. The van der Waals surface area contributed by atoms with Crippen LogP contribution in [0.1, 0.15) is 46.4 Å². The van der Waals surface area contributed by atoms with Gasteiger partial charge in [-0.2, -0.15) is 13.2 Å². The molecule has 0 saturated carbocycles. The molecule has 2 heterocycles. The summed E-state index contributed by atoms with van der Waals surface area (Å²) < 4.78 is 90.0. The van der Waals surface area contributed by atoms with Crippen LogP contribution in [0.3, 0.4) is 0 Å². The van der Waals surface area contributed by atoms with Gasteiger partial charge in [-0.25, -0.2) is 22.0 Å². The number of amides is 4. The average molecular weight is 811 g/mol. The SMILES string of the molecule is CN(CCCNc1cccc2c1C(=O)N(C1CCC(=O)NC1=O)C2=O)CC[C@H](CSc1ccccc1)Nc1ccc(S(N)(=O)=O)cc1S(=O)(=O)C(F)(F)F. The van der Waals surface area contributed by atoms with E-state index in [-0.39, 0.29) is 24.0 Å². The molecule has 0 spiro atoms. The van der Waals surface area contributed by atoms with Gasteiger partial charge in [0.25, 0.3) is 21.7 Å². The number of nitrogens with one attached hydrogen (secondary N) is 3. The summed E-state index contributed by atoms with van der Waals surface area (Å²) in [6, 6.07) is 14.5. The van der Waals surface area contributed by atoms with Crippen molar-refractivity contribution < 1.29 is 49.2 Å². The molecule has 4 amide bonds. The molecule has 3 aromatic carbocycles. The van der Waals surface area contributed by atoms with Crippen LogP contribution >= 0.6 is 11.8 Å². The molecule has 2 aliphatic heterocycles. The van der Waals surface area contributed by atoms with Crippen LogP contribution in [0.25, 0.3) is 0 Å². The van der Waals surface area contributed by atoms with Crippen LogP contribution < -0.4 is 21.1 Å². The number of alkyl halides is 3. The van der Waals surface area contributed by atoms with E-state index in [1.165, 1.54) is 17.8 Å². The number of rotatable bonds is 16. The third-order valence-corrected chi connectivity index (χ3v) is 12.4. The van der Waals surface area contributed by atoms with Gasteiger partial charge in [0, 0.05) is 35.3 Å². The van der Waals surface area contributed by atoms with Crippen LogP contribution in [0.4, 0.5) is 24.5 Å². The highest BCUT2D eigenvalue weighted by atomic mass is 32.2. The van der Waals surface area contributed by atoms with Crippen LogP contribution in [-0.2, 0) is 29.4 Å². The number of imide groups is 2. The molecule has 2 aliphatic rings. The van der Waals surface area contributed by atoms with E-state index in [2.05, 4.69) is 16.0 Å². The Morgan fingerprint density at radius 3 is 2.35 bits per heavy atom. The molecule has 1 unspecified atom stereocenters. The van der Waals surface area contributed by atoms with E-state index in [4.69, 9.17) is 5.14 Å². The van der Waals surface area contributed by atoms with Crippen molar-refractivity contribution in [1.29, 1.82) is 0 Å². The van der Waals surface area contributed by atoms with Gasteiger partial charge in [-0.3, -0.25) is 29.4 Å². The molecule has 5 N–H and O–H groups in total. The highest BCUT2D eigenvalue weighted by molar-refractivity contribution is 7.99. The van der Waals surface area contributed by atoms with E-state index >= 15 is 0 Å². The summed E-state index contributed by atoms with van der Waals surface area (Å²) in [5.41, 5.74) is -5.45. The Hall–Kier alpha value is -4.50. The van der Waals surface area contributed by atoms with Gasteiger partial charge in [0.1, 0.15) is 10.9 Å². The number of primary sulfonamides is 1. The first-order valence-corrected chi connectivity index (χ1v) is 20.6. The summed E-state index contributed by atoms with van der Waals surface area (Å²) in [5.74, 6) is -2.13. The maximum absolute atomic E-state index is 13.7. The Morgan fingerprint density at radius 1 is 0.963 bits per heavy atom. The molecule has 3 aromatic rings. The Balaban J connectivity index is 1.23. The second-order valence-electron chi connectivity index (χ2n) is 12.7. The van der Waals surface area contributed by atoms with Crippen molar-refractivity contribution in [3.63, 3.8) is 0 Å². The van der Waals surface area contributed by atoms with E-state index in [1.54, 1.807) is 12.1 Å². The number of sulfone groups is 1. The zero-order valence-corrected chi connectivity index (χ0v) is 31.2. The van der Waals surface area contributed by atoms with Gasteiger partial charge in [0.15, 0.2) is 0 Å². The number of nitrogens with zero attached hydrogens (tertiary/aromatic N) is 2. The quantitative estimate of drug-likeness (QED) is 0.0934. The van der Waals surface area contributed by atoms with Crippen LogP contribution in [0.2, 0.25) is 0 Å². The Labute approximate surface area is 314 Å². The van der Waals surface area contributed by atoms with Crippen LogP contribution in [0, 0.1) is 0 Å². The molecule has 14 nitrogen and oxygen atoms in total. The van der Waals surface area contributed by atoms with Gasteiger partial charge in [0.2, 0.25) is 21.8 Å². The van der Waals surface area contributed by atoms with E-state index in [1.807, 2.05) is 42.3 Å². The first-order chi connectivity index (χ1) is 25.4. The van der Waals surface area contributed by atoms with Gasteiger partial charge in [-0.1, -0.05) is 24.3 Å². The van der Waals surface area contributed by atoms with Crippen molar-refractivity contribution in [2.75, 3.05) is 43.1 Å². The molecule has 1 fully saturated rings. The number of benzene rings is 3. The van der Waals surface area contributed by atoms with Crippen molar-refractivity contribution in [2.45, 2.75) is 58.0 Å². The second kappa shape index (κ2) is 16.5. The lowest BCUT2D eigenvalue weighted by molar-refractivity contribution is -0.136. The van der Waals surface area contributed by atoms with E-state index in [0.717, 1.165) is 21.9 Å². The lowest BCUT2D eigenvalue weighted by Crippen LogP contribution is -2.54. The zero-order chi connectivity index (χ0) is 39.4. The maximum Gasteiger partial charge on any atom is 0.501 e. The molecule has 2 atom stereocenters. The van der Waals surface area contributed by atoms with Gasteiger partial charge in [-0.15, -0.1) is 11.8 Å². The molecule has 290 valence electrons. The fourth-order valence-electron chi connectivity index (χ4n) is 6.00. The Kier molecular flexibility index (Phi) is 12.4. The normalized spacial score (nSPS) is 17.1. The van der Waals surface area contributed by atoms with Crippen LogP contribution in [0.15, 0.2) is 81.4 Å². The Bertz CT molecular complexity index is 2150. The number of carbonyl (C=O) groups is 4. The zero-order valence-electron chi connectivity index (χ0n) is 28.8. The third kappa shape index (κ3) is 9.23. The summed E-state index contributed by atoms with van der Waals surface area (Å²) in [5, 5.41) is 13.3. The number of hydrogen-bond donors (Lipinski definition) is 4.